The van der Waals surface area contributed by atoms with Gasteiger partial charge in [-0.25, -0.2) is 0 Å². The zero-order valence-electron chi connectivity index (χ0n) is 12.6. The first-order valence-electron chi connectivity index (χ1n) is 6.42. The van der Waals surface area contributed by atoms with Gasteiger partial charge in [0.05, 0.1) is 12.6 Å². The third-order valence-electron chi connectivity index (χ3n) is 2.88. The lowest BCUT2D eigenvalue weighted by atomic mass is 10.1. The summed E-state index contributed by atoms with van der Waals surface area (Å²) >= 11 is 0. The molecular formula is C16H25N3. The summed E-state index contributed by atoms with van der Waals surface area (Å²) in [6.45, 7) is 8.56. The Morgan fingerprint density at radius 1 is 1.42 bits per heavy atom. The van der Waals surface area contributed by atoms with Crippen LogP contribution in [0.4, 0.5) is 0 Å². The molecule has 0 bridgehead atoms. The van der Waals surface area contributed by atoms with E-state index >= 15 is 0 Å². The Morgan fingerprint density at radius 2 is 2.05 bits per heavy atom. The lowest BCUT2D eigenvalue weighted by Gasteiger charge is -2.33. The second-order valence-corrected chi connectivity index (χ2v) is 5.01. The van der Waals surface area contributed by atoms with Crippen LogP contribution in [0.25, 0.3) is 0 Å². The van der Waals surface area contributed by atoms with Crippen LogP contribution in [0, 0.1) is 24.7 Å². The molecule has 0 aromatic carbocycles. The van der Waals surface area contributed by atoms with Gasteiger partial charge in [0, 0.05) is 12.3 Å². The minimum absolute atomic E-state index is 0.115. The molecule has 2 unspecified atom stereocenters. The highest BCUT2D eigenvalue weighted by molar-refractivity contribution is 5.71. The van der Waals surface area contributed by atoms with Crippen molar-refractivity contribution in [2.75, 3.05) is 13.6 Å². The van der Waals surface area contributed by atoms with Crippen LogP contribution in [0.2, 0.25) is 0 Å². The Bertz CT molecular complexity index is 393. The largest absolute Gasteiger partial charge is 0.290 e. The summed E-state index contributed by atoms with van der Waals surface area (Å²) in [7, 11) is 1.96. The number of rotatable bonds is 7. The van der Waals surface area contributed by atoms with E-state index in [0.717, 1.165) is 0 Å². The quantitative estimate of drug-likeness (QED) is 0.559. The second-order valence-electron chi connectivity index (χ2n) is 5.01. The Labute approximate surface area is 118 Å². The van der Waals surface area contributed by atoms with Crippen molar-refractivity contribution in [2.45, 2.75) is 45.4 Å². The maximum absolute atomic E-state index is 5.61. The molecule has 0 heterocycles. The van der Waals surface area contributed by atoms with Gasteiger partial charge in [0.2, 0.25) is 0 Å². The fourth-order valence-corrected chi connectivity index (χ4v) is 1.58. The Balaban J connectivity index is 4.73. The number of aliphatic imine (C=N–C) groups is 1. The summed E-state index contributed by atoms with van der Waals surface area (Å²) in [5, 5.41) is 3.36. The maximum atomic E-state index is 5.61. The van der Waals surface area contributed by atoms with Crippen molar-refractivity contribution in [3.63, 3.8) is 0 Å². The molecule has 0 saturated heterocycles. The molecule has 0 amide bonds. The van der Waals surface area contributed by atoms with Crippen molar-refractivity contribution in [1.82, 2.24) is 10.2 Å². The first-order valence-corrected chi connectivity index (χ1v) is 6.42. The normalized spacial score (nSPS) is 15.6. The predicted octanol–water partition coefficient (Wildman–Crippen LogP) is 1.91. The van der Waals surface area contributed by atoms with Gasteiger partial charge in [-0.15, -0.1) is 12.8 Å². The molecule has 0 rings (SSSR count). The number of nitrogens with zero attached hydrogens (tertiary/aromatic N) is 2. The number of likely N-dealkylation sites (N-methyl/N-ethyl adjacent to an activating group) is 1. The molecule has 0 aliphatic heterocycles. The van der Waals surface area contributed by atoms with Crippen LogP contribution in [0.5, 0.6) is 0 Å². The third kappa shape index (κ3) is 6.82. The van der Waals surface area contributed by atoms with E-state index in [0.29, 0.717) is 6.54 Å². The molecule has 1 N–H and O–H groups in total. The van der Waals surface area contributed by atoms with E-state index in [9.17, 15) is 0 Å². The SMILES string of the molecule is C#CCN(C)C(C)C(C#C)NC(C)(C)/N=C\C=C/C. The van der Waals surface area contributed by atoms with Crippen molar-refractivity contribution in [1.29, 1.82) is 0 Å². The molecular weight excluding hydrogens is 234 g/mol. The first-order chi connectivity index (χ1) is 8.87. The van der Waals surface area contributed by atoms with Gasteiger partial charge in [-0.1, -0.05) is 17.9 Å². The van der Waals surface area contributed by atoms with E-state index in [-0.39, 0.29) is 12.1 Å². The average molecular weight is 259 g/mol. The van der Waals surface area contributed by atoms with Gasteiger partial charge in [0.25, 0.3) is 0 Å². The molecule has 0 aliphatic carbocycles. The summed E-state index contributed by atoms with van der Waals surface area (Å²) in [5.41, 5.74) is -0.415. The fraction of sp³-hybridized carbons (Fsp3) is 0.562. The molecule has 19 heavy (non-hydrogen) atoms. The van der Waals surface area contributed by atoms with E-state index in [4.69, 9.17) is 12.8 Å². The van der Waals surface area contributed by atoms with Crippen LogP contribution in [0.3, 0.4) is 0 Å². The molecule has 3 heteroatoms. The van der Waals surface area contributed by atoms with Crippen LogP contribution in [0.1, 0.15) is 27.7 Å². The number of allylic oxidation sites excluding steroid dienone is 2. The smallest absolute Gasteiger partial charge is 0.105 e. The Hall–Kier alpha value is -1.55. The molecule has 0 saturated carbocycles. The van der Waals surface area contributed by atoms with Gasteiger partial charge in [-0.05, 0) is 40.8 Å². The maximum Gasteiger partial charge on any atom is 0.105 e. The third-order valence-corrected chi connectivity index (χ3v) is 2.88. The molecule has 3 nitrogen and oxygen atoms in total. The zero-order valence-corrected chi connectivity index (χ0v) is 12.6. The van der Waals surface area contributed by atoms with Crippen LogP contribution in [0.15, 0.2) is 17.1 Å². The van der Waals surface area contributed by atoms with Crippen LogP contribution in [-0.2, 0) is 0 Å². The van der Waals surface area contributed by atoms with E-state index in [1.54, 1.807) is 6.21 Å². The molecule has 0 aromatic rings. The number of hydrogen-bond acceptors (Lipinski definition) is 3. The average Bonchev–Trinajstić information content (AvgIpc) is 2.35. The van der Waals surface area contributed by atoms with Crippen molar-refractivity contribution < 1.29 is 0 Å². The Kier molecular flexibility index (Phi) is 7.84. The highest BCUT2D eigenvalue weighted by Crippen LogP contribution is 2.09. The predicted molar refractivity (Wildman–Crippen MR) is 84.1 cm³/mol. The number of terminal acetylenes is 2. The lowest BCUT2D eigenvalue weighted by Crippen LogP contribution is -2.53. The summed E-state index contributed by atoms with van der Waals surface area (Å²) in [6.07, 6.45) is 16.5. The molecule has 0 aromatic heterocycles. The lowest BCUT2D eigenvalue weighted by molar-refractivity contribution is 0.227. The zero-order chi connectivity index (χ0) is 14.9. The second kappa shape index (κ2) is 8.53. The van der Waals surface area contributed by atoms with Gasteiger partial charge in [-0.3, -0.25) is 15.2 Å². The molecule has 0 spiro atoms. The minimum Gasteiger partial charge on any atom is -0.290 e. The van der Waals surface area contributed by atoms with Crippen molar-refractivity contribution in [2.24, 2.45) is 4.99 Å². The van der Waals surface area contributed by atoms with Gasteiger partial charge >= 0.3 is 0 Å². The van der Waals surface area contributed by atoms with Gasteiger partial charge in [0.1, 0.15) is 5.66 Å². The molecule has 0 aliphatic rings. The molecule has 0 radical (unpaired) electrons. The monoisotopic (exact) mass is 259 g/mol. The standard InChI is InChI=1S/C16H25N3/c1-8-11-12-17-16(5,6)18-15(10-3)14(4)19(7)13-9-2/h2-3,8,11-12,14-15,18H,13H2,1,4-7H3/b11-8-,17-12-. The Morgan fingerprint density at radius 3 is 2.53 bits per heavy atom. The fourth-order valence-electron chi connectivity index (χ4n) is 1.58. The highest BCUT2D eigenvalue weighted by Gasteiger charge is 2.25. The van der Waals surface area contributed by atoms with Crippen molar-refractivity contribution in [3.8, 4) is 24.7 Å². The van der Waals surface area contributed by atoms with E-state index in [1.165, 1.54) is 0 Å². The van der Waals surface area contributed by atoms with Crippen molar-refractivity contribution in [3.05, 3.63) is 12.2 Å². The summed E-state index contributed by atoms with van der Waals surface area (Å²) in [5.74, 6) is 5.40. The molecule has 2 atom stereocenters. The van der Waals surface area contributed by atoms with Gasteiger partial charge in [0.15, 0.2) is 0 Å². The van der Waals surface area contributed by atoms with Crippen LogP contribution < -0.4 is 5.32 Å². The van der Waals surface area contributed by atoms with Crippen LogP contribution in [-0.4, -0.2) is 42.5 Å². The first kappa shape index (κ1) is 17.4. The van der Waals surface area contributed by atoms with Gasteiger partial charge in [-0.2, -0.15) is 0 Å². The summed E-state index contributed by atoms with van der Waals surface area (Å²) in [4.78, 5) is 6.49. The van der Waals surface area contributed by atoms with E-state index < -0.39 is 5.66 Å². The van der Waals surface area contributed by atoms with E-state index in [1.807, 2.05) is 44.9 Å². The highest BCUT2D eigenvalue weighted by atomic mass is 15.2. The van der Waals surface area contributed by atoms with E-state index in [2.05, 4.69) is 29.1 Å². The molecule has 0 fully saturated rings. The van der Waals surface area contributed by atoms with Gasteiger partial charge < -0.3 is 0 Å². The summed E-state index contributed by atoms with van der Waals surface area (Å²) in [6, 6.07) is 0.0216. The number of nitrogens with one attached hydrogen (secondary N) is 1. The number of hydrogen-bond donors (Lipinski definition) is 1. The summed E-state index contributed by atoms with van der Waals surface area (Å²) < 4.78 is 0. The molecule has 104 valence electrons. The van der Waals surface area contributed by atoms with Crippen LogP contribution >= 0.6 is 0 Å². The van der Waals surface area contributed by atoms with Crippen molar-refractivity contribution >= 4 is 6.21 Å². The minimum atomic E-state index is -0.415. The topological polar surface area (TPSA) is 27.6 Å².